The van der Waals surface area contributed by atoms with Gasteiger partial charge in [0.05, 0.1) is 0 Å². The van der Waals surface area contributed by atoms with Crippen LogP contribution < -0.4 is 5.73 Å². The molecule has 0 saturated heterocycles. The van der Waals surface area contributed by atoms with Gasteiger partial charge >= 0.3 is 0 Å². The Hall–Kier alpha value is -1.12. The van der Waals surface area contributed by atoms with E-state index in [1.165, 1.54) is 0 Å². The Morgan fingerprint density at radius 1 is 1.18 bits per heavy atom. The van der Waals surface area contributed by atoms with Crippen LogP contribution in [0.25, 0.3) is 0 Å². The molecule has 0 unspecified atom stereocenters. The van der Waals surface area contributed by atoms with Gasteiger partial charge in [0.2, 0.25) is 0 Å². The summed E-state index contributed by atoms with van der Waals surface area (Å²) < 4.78 is 0. The Balaban J connectivity index is 0. The number of nitrogens with zero attached hydrogens (tertiary/aromatic N) is 2. The molecule has 0 spiro atoms. The third-order valence-electron chi connectivity index (χ3n) is 0.593. The van der Waals surface area contributed by atoms with Gasteiger partial charge in [-0.2, -0.15) is 5.10 Å². The number of hydrogen-bond acceptors (Lipinski definition) is 3. The number of hydrogen-bond donors (Lipinski definition) is 1. The smallest absolute Gasteiger partial charge is 0.146 e. The summed E-state index contributed by atoms with van der Waals surface area (Å²) in [6.07, 6.45) is 1.58. The zero-order valence-corrected chi connectivity index (χ0v) is 7.70. The summed E-state index contributed by atoms with van der Waals surface area (Å²) >= 11 is 0. The molecule has 3 nitrogen and oxygen atoms in total. The maximum atomic E-state index is 5.18. The van der Waals surface area contributed by atoms with Gasteiger partial charge in [0.15, 0.2) is 0 Å². The Kier molecular flexibility index (Phi) is 13.3. The van der Waals surface area contributed by atoms with Crippen LogP contribution in [0.1, 0.15) is 27.7 Å². The molecule has 1 aromatic heterocycles. The molecule has 0 atom stereocenters. The van der Waals surface area contributed by atoms with Gasteiger partial charge in [-0.25, -0.2) is 0 Å². The summed E-state index contributed by atoms with van der Waals surface area (Å²) in [6, 6.07) is 3.43. The van der Waals surface area contributed by atoms with Crippen LogP contribution in [-0.2, 0) is 0 Å². The van der Waals surface area contributed by atoms with E-state index in [0.29, 0.717) is 5.82 Å². The molecule has 0 saturated carbocycles. The lowest BCUT2D eigenvalue weighted by molar-refractivity contribution is 1.04. The van der Waals surface area contributed by atoms with Crippen molar-refractivity contribution in [2.75, 3.05) is 5.73 Å². The van der Waals surface area contributed by atoms with E-state index < -0.39 is 0 Å². The van der Waals surface area contributed by atoms with Crippen molar-refractivity contribution in [1.82, 2.24) is 10.2 Å². The molecule has 0 aliphatic heterocycles. The van der Waals surface area contributed by atoms with Crippen molar-refractivity contribution in [3.8, 4) is 0 Å². The summed E-state index contributed by atoms with van der Waals surface area (Å²) in [7, 11) is 0. The van der Waals surface area contributed by atoms with Crippen molar-refractivity contribution in [1.29, 1.82) is 0 Å². The number of anilines is 1. The average molecular weight is 155 g/mol. The summed E-state index contributed by atoms with van der Waals surface area (Å²) in [6.45, 7) is 8.00. The number of rotatable bonds is 0. The first-order chi connectivity index (χ1) is 5.39. The molecular weight excluding hydrogens is 138 g/mol. The Labute approximate surface area is 68.7 Å². The second kappa shape index (κ2) is 11.6. The Morgan fingerprint density at radius 3 is 1.91 bits per heavy atom. The first-order valence-electron chi connectivity index (χ1n) is 3.93. The van der Waals surface area contributed by atoms with E-state index in [4.69, 9.17) is 5.73 Å². The molecule has 1 rings (SSSR count). The zero-order valence-electron chi connectivity index (χ0n) is 7.70. The second-order valence-corrected chi connectivity index (χ2v) is 1.15. The lowest BCUT2D eigenvalue weighted by atomic mass is 10.6. The van der Waals surface area contributed by atoms with Crippen molar-refractivity contribution < 1.29 is 0 Å². The molecule has 0 aliphatic rings. The Morgan fingerprint density at radius 2 is 1.73 bits per heavy atom. The third kappa shape index (κ3) is 8.88. The summed E-state index contributed by atoms with van der Waals surface area (Å²) in [5, 5.41) is 7.02. The molecule has 64 valence electrons. The van der Waals surface area contributed by atoms with Crippen molar-refractivity contribution in [2.45, 2.75) is 27.7 Å². The van der Waals surface area contributed by atoms with Crippen molar-refractivity contribution in [3.05, 3.63) is 18.3 Å². The van der Waals surface area contributed by atoms with Crippen LogP contribution in [0, 0.1) is 0 Å². The molecule has 0 fully saturated rings. The van der Waals surface area contributed by atoms with Gasteiger partial charge in [-0.3, -0.25) is 0 Å². The lowest BCUT2D eigenvalue weighted by Crippen LogP contribution is -1.88. The highest BCUT2D eigenvalue weighted by Gasteiger charge is 1.75. The van der Waals surface area contributed by atoms with Crippen LogP contribution in [0.15, 0.2) is 18.3 Å². The van der Waals surface area contributed by atoms with Crippen molar-refractivity contribution >= 4 is 5.82 Å². The number of nitrogens with two attached hydrogens (primary N) is 1. The maximum Gasteiger partial charge on any atom is 0.146 e. The summed E-state index contributed by atoms with van der Waals surface area (Å²) in [5.74, 6) is 0.461. The Bertz CT molecular complexity index is 139. The number of nitrogen functional groups attached to an aromatic ring is 1. The highest BCUT2D eigenvalue weighted by atomic mass is 15.1. The molecule has 11 heavy (non-hydrogen) atoms. The van der Waals surface area contributed by atoms with Crippen LogP contribution in [0.3, 0.4) is 0 Å². The third-order valence-corrected chi connectivity index (χ3v) is 0.593. The highest BCUT2D eigenvalue weighted by Crippen LogP contribution is 1.86. The minimum Gasteiger partial charge on any atom is -0.382 e. The predicted molar refractivity (Wildman–Crippen MR) is 49.1 cm³/mol. The number of aromatic nitrogens is 2. The van der Waals surface area contributed by atoms with Crippen LogP contribution in [0.4, 0.5) is 5.82 Å². The zero-order chi connectivity index (χ0) is 9.11. The fraction of sp³-hybridized carbons (Fsp3) is 0.500. The van der Waals surface area contributed by atoms with E-state index in [1.54, 1.807) is 18.3 Å². The van der Waals surface area contributed by atoms with Crippen LogP contribution >= 0.6 is 0 Å². The molecular formula is C8H17N3. The van der Waals surface area contributed by atoms with Crippen LogP contribution in [0.5, 0.6) is 0 Å². The SMILES string of the molecule is CC.CC.Nc1cccnn1. The molecule has 0 bridgehead atoms. The van der Waals surface area contributed by atoms with Gasteiger partial charge in [-0.1, -0.05) is 27.7 Å². The minimum atomic E-state index is 0.461. The van der Waals surface area contributed by atoms with Crippen molar-refractivity contribution in [3.63, 3.8) is 0 Å². The van der Waals surface area contributed by atoms with Crippen LogP contribution in [-0.4, -0.2) is 10.2 Å². The fourth-order valence-corrected chi connectivity index (χ4v) is 0.313. The van der Waals surface area contributed by atoms with Gasteiger partial charge in [-0.05, 0) is 12.1 Å². The van der Waals surface area contributed by atoms with E-state index in [2.05, 4.69) is 10.2 Å². The van der Waals surface area contributed by atoms with E-state index in [0.717, 1.165) is 0 Å². The molecule has 0 radical (unpaired) electrons. The fourth-order valence-electron chi connectivity index (χ4n) is 0.313. The topological polar surface area (TPSA) is 51.8 Å². The maximum absolute atomic E-state index is 5.18. The normalized spacial score (nSPS) is 6.55. The van der Waals surface area contributed by atoms with E-state index in [1.807, 2.05) is 27.7 Å². The van der Waals surface area contributed by atoms with Crippen LogP contribution in [0.2, 0.25) is 0 Å². The van der Waals surface area contributed by atoms with E-state index in [9.17, 15) is 0 Å². The quantitative estimate of drug-likeness (QED) is 0.624. The molecule has 3 heteroatoms. The predicted octanol–water partition coefficient (Wildman–Crippen LogP) is 2.11. The lowest BCUT2D eigenvalue weighted by Gasteiger charge is -1.81. The van der Waals surface area contributed by atoms with E-state index >= 15 is 0 Å². The summed E-state index contributed by atoms with van der Waals surface area (Å²) in [4.78, 5) is 0. The minimum absolute atomic E-state index is 0.461. The first kappa shape index (κ1) is 12.5. The molecule has 0 amide bonds. The first-order valence-corrected chi connectivity index (χ1v) is 3.93. The summed E-state index contributed by atoms with van der Waals surface area (Å²) in [5.41, 5.74) is 5.18. The highest BCUT2D eigenvalue weighted by molar-refractivity contribution is 5.22. The molecule has 2 N–H and O–H groups in total. The largest absolute Gasteiger partial charge is 0.382 e. The standard InChI is InChI=1S/C4H5N3.2C2H6/c5-4-2-1-3-6-7-4;2*1-2/h1-3H,(H2,5,7);2*1-2H3. The van der Waals surface area contributed by atoms with Gasteiger partial charge < -0.3 is 5.73 Å². The molecule has 0 aliphatic carbocycles. The van der Waals surface area contributed by atoms with Gasteiger partial charge in [-0.15, -0.1) is 5.10 Å². The monoisotopic (exact) mass is 155 g/mol. The molecule has 0 aromatic carbocycles. The van der Waals surface area contributed by atoms with Gasteiger partial charge in [0.1, 0.15) is 5.82 Å². The average Bonchev–Trinajstić information content (AvgIpc) is 2.13. The van der Waals surface area contributed by atoms with E-state index in [-0.39, 0.29) is 0 Å². The van der Waals surface area contributed by atoms with Crippen molar-refractivity contribution in [2.24, 2.45) is 0 Å². The molecule has 1 heterocycles. The van der Waals surface area contributed by atoms with Gasteiger partial charge in [0.25, 0.3) is 0 Å². The second-order valence-electron chi connectivity index (χ2n) is 1.15. The van der Waals surface area contributed by atoms with Gasteiger partial charge in [0, 0.05) is 6.20 Å². The molecule has 1 aromatic rings.